The molecule has 0 aromatic carbocycles. The molecule has 7 nitrogen and oxygen atoms in total. The van der Waals surface area contributed by atoms with E-state index in [1.165, 1.54) is 17.2 Å². The molecule has 1 aliphatic heterocycles. The molecule has 2 aromatic rings. The van der Waals surface area contributed by atoms with E-state index in [0.29, 0.717) is 30.0 Å². The van der Waals surface area contributed by atoms with E-state index in [-0.39, 0.29) is 24.8 Å². The first-order valence-corrected chi connectivity index (χ1v) is 8.83. The summed E-state index contributed by atoms with van der Waals surface area (Å²) in [6, 6.07) is 2.27. The molecule has 1 fully saturated rings. The lowest BCUT2D eigenvalue weighted by Crippen LogP contribution is -2.44. The number of carbonyl (C=O) groups is 1. The Hall–Kier alpha value is -2.43. The van der Waals surface area contributed by atoms with Crippen LogP contribution in [0.2, 0.25) is 0 Å². The molecule has 0 saturated carbocycles. The number of pyridine rings is 1. The van der Waals surface area contributed by atoms with Gasteiger partial charge in [-0.2, -0.15) is 18.3 Å². The Bertz CT molecular complexity index is 878. The van der Waals surface area contributed by atoms with E-state index >= 15 is 0 Å². The lowest BCUT2D eigenvalue weighted by atomic mass is 9.96. The van der Waals surface area contributed by atoms with Gasteiger partial charge >= 0.3 is 6.18 Å². The highest BCUT2D eigenvalue weighted by Gasteiger charge is 2.37. The van der Waals surface area contributed by atoms with Gasteiger partial charge < -0.3 is 14.8 Å². The van der Waals surface area contributed by atoms with Crippen molar-refractivity contribution in [1.29, 1.82) is 0 Å². The molecule has 2 N–H and O–H groups in total. The van der Waals surface area contributed by atoms with Crippen LogP contribution in [0.25, 0.3) is 0 Å². The Morgan fingerprint density at radius 3 is 2.93 bits per heavy atom. The number of hydrogen-bond acceptors (Lipinski definition) is 5. The Labute approximate surface area is 158 Å². The molecule has 11 heteroatoms. The van der Waals surface area contributed by atoms with Crippen molar-refractivity contribution in [3.8, 4) is 0 Å². The number of aromatic amines is 1. The number of nitrogens with zero attached hydrogens (tertiary/aromatic N) is 4. The average molecular weight is 400 g/mol. The van der Waals surface area contributed by atoms with Crippen molar-refractivity contribution in [2.75, 3.05) is 18.0 Å². The first kappa shape index (κ1) is 19.3. The lowest BCUT2D eigenvalue weighted by Gasteiger charge is -2.34. The normalized spacial score (nSPS) is 17.8. The third-order valence-corrected chi connectivity index (χ3v) is 4.94. The van der Waals surface area contributed by atoms with Crippen molar-refractivity contribution in [2.24, 2.45) is 13.0 Å². The summed E-state index contributed by atoms with van der Waals surface area (Å²) in [6.45, 7) is 0.804. The first-order valence-electron chi connectivity index (χ1n) is 8.42. The number of H-pyrrole nitrogens is 1. The van der Waals surface area contributed by atoms with Crippen LogP contribution in [0.4, 0.5) is 19.0 Å². The molecule has 1 unspecified atom stereocenters. The molecule has 1 atom stereocenters. The van der Waals surface area contributed by atoms with Crippen LogP contribution in [0.1, 0.15) is 24.2 Å². The summed E-state index contributed by atoms with van der Waals surface area (Å²) in [5, 5.41) is 9.43. The Morgan fingerprint density at radius 1 is 1.48 bits per heavy atom. The van der Waals surface area contributed by atoms with Gasteiger partial charge in [-0.15, -0.1) is 0 Å². The highest BCUT2D eigenvalue weighted by molar-refractivity contribution is 7.71. The molecule has 2 aromatic heterocycles. The largest absolute Gasteiger partial charge is 0.419 e. The predicted octanol–water partition coefficient (Wildman–Crippen LogP) is 2.42. The van der Waals surface area contributed by atoms with E-state index < -0.39 is 17.7 Å². The maximum absolute atomic E-state index is 13.2. The molecule has 27 heavy (non-hydrogen) atoms. The van der Waals surface area contributed by atoms with Gasteiger partial charge in [-0.25, -0.2) is 4.98 Å². The number of hydrogen-bond donors (Lipinski definition) is 2. The van der Waals surface area contributed by atoms with Crippen molar-refractivity contribution in [3.63, 3.8) is 0 Å². The van der Waals surface area contributed by atoms with Crippen molar-refractivity contribution in [1.82, 2.24) is 25.1 Å². The fraction of sp³-hybridized carbons (Fsp3) is 0.500. The van der Waals surface area contributed by atoms with Crippen molar-refractivity contribution < 1.29 is 18.0 Å². The molecule has 0 spiro atoms. The fourth-order valence-electron chi connectivity index (χ4n) is 3.10. The number of aromatic nitrogens is 4. The maximum atomic E-state index is 13.2. The second-order valence-electron chi connectivity index (χ2n) is 6.38. The quantitative estimate of drug-likeness (QED) is 0.771. The minimum atomic E-state index is -4.49. The second-order valence-corrected chi connectivity index (χ2v) is 6.77. The smallest absolute Gasteiger partial charge is 0.355 e. The van der Waals surface area contributed by atoms with Gasteiger partial charge in [0.2, 0.25) is 5.91 Å². The van der Waals surface area contributed by atoms with Gasteiger partial charge in [0.1, 0.15) is 5.82 Å². The summed E-state index contributed by atoms with van der Waals surface area (Å²) >= 11 is 5.02. The Balaban J connectivity index is 1.68. The van der Waals surface area contributed by atoms with Crippen LogP contribution in [0.3, 0.4) is 0 Å². The predicted molar refractivity (Wildman–Crippen MR) is 94.4 cm³/mol. The number of rotatable bonds is 4. The van der Waals surface area contributed by atoms with Gasteiger partial charge in [0.05, 0.1) is 18.0 Å². The molecule has 0 aliphatic carbocycles. The van der Waals surface area contributed by atoms with E-state index in [0.717, 1.165) is 6.07 Å². The topological polar surface area (TPSA) is 78.8 Å². The summed E-state index contributed by atoms with van der Waals surface area (Å²) in [5.74, 6) is -0.200. The summed E-state index contributed by atoms with van der Waals surface area (Å²) in [7, 11) is 1.73. The van der Waals surface area contributed by atoms with E-state index in [1.807, 2.05) is 0 Å². The summed E-state index contributed by atoms with van der Waals surface area (Å²) < 4.78 is 41.8. The van der Waals surface area contributed by atoms with Gasteiger partial charge in [-0.3, -0.25) is 9.89 Å². The molecular formula is C16H19F3N6OS. The number of nitrogens with one attached hydrogen (secondary N) is 2. The van der Waals surface area contributed by atoms with Crippen LogP contribution >= 0.6 is 12.2 Å². The molecular weight excluding hydrogens is 381 g/mol. The van der Waals surface area contributed by atoms with E-state index in [9.17, 15) is 18.0 Å². The van der Waals surface area contributed by atoms with Crippen LogP contribution in [-0.4, -0.2) is 38.7 Å². The number of piperidine rings is 1. The minimum absolute atomic E-state index is 0.128. The van der Waals surface area contributed by atoms with E-state index in [4.69, 9.17) is 12.2 Å². The van der Waals surface area contributed by atoms with Gasteiger partial charge in [-0.05, 0) is 37.2 Å². The first-order chi connectivity index (χ1) is 12.8. The van der Waals surface area contributed by atoms with Crippen LogP contribution in [0.5, 0.6) is 0 Å². The Kier molecular flexibility index (Phi) is 5.49. The Morgan fingerprint density at radius 2 is 2.26 bits per heavy atom. The lowest BCUT2D eigenvalue weighted by molar-refractivity contribution is -0.137. The highest BCUT2D eigenvalue weighted by atomic mass is 32.1. The van der Waals surface area contributed by atoms with Crippen molar-refractivity contribution in [2.45, 2.75) is 25.6 Å². The minimum Gasteiger partial charge on any atom is -0.355 e. The third kappa shape index (κ3) is 4.29. The van der Waals surface area contributed by atoms with Gasteiger partial charge in [-0.1, -0.05) is 0 Å². The maximum Gasteiger partial charge on any atom is 0.419 e. The number of alkyl halides is 3. The van der Waals surface area contributed by atoms with Crippen molar-refractivity contribution >= 4 is 23.9 Å². The van der Waals surface area contributed by atoms with Crippen LogP contribution in [0.15, 0.2) is 18.3 Å². The van der Waals surface area contributed by atoms with E-state index in [2.05, 4.69) is 20.5 Å². The zero-order valence-electron chi connectivity index (χ0n) is 14.6. The molecule has 0 bridgehead atoms. The third-order valence-electron chi connectivity index (χ3n) is 4.58. The van der Waals surface area contributed by atoms with Gasteiger partial charge in [0.15, 0.2) is 10.6 Å². The summed E-state index contributed by atoms with van der Waals surface area (Å²) in [6.07, 6.45) is -1.94. The second kappa shape index (κ2) is 7.67. The van der Waals surface area contributed by atoms with Crippen molar-refractivity contribution in [3.05, 3.63) is 34.5 Å². The van der Waals surface area contributed by atoms with Crippen LogP contribution in [-0.2, 0) is 24.6 Å². The standard InChI is InChI=1S/C16H19F3N6OS/c1-24-12(22-23-15(24)27)8-21-14(26)10-4-3-7-25(9-10)13-11(16(17,18)19)5-2-6-20-13/h2,5-6,10H,3-4,7-9H2,1H3,(H,21,26)(H,23,27). The molecule has 0 radical (unpaired) electrons. The van der Waals surface area contributed by atoms with Gasteiger partial charge in [0.25, 0.3) is 0 Å². The number of anilines is 1. The van der Waals surface area contributed by atoms with Crippen LogP contribution < -0.4 is 10.2 Å². The molecule has 1 amide bonds. The zero-order valence-corrected chi connectivity index (χ0v) is 15.4. The molecule has 3 heterocycles. The number of amides is 1. The number of carbonyl (C=O) groups excluding carboxylic acids is 1. The molecule has 1 aliphatic rings. The molecule has 3 rings (SSSR count). The number of halogens is 3. The van der Waals surface area contributed by atoms with Crippen LogP contribution in [0, 0.1) is 10.7 Å². The summed E-state index contributed by atoms with van der Waals surface area (Å²) in [4.78, 5) is 17.9. The monoisotopic (exact) mass is 400 g/mol. The van der Waals surface area contributed by atoms with E-state index in [1.54, 1.807) is 11.6 Å². The average Bonchev–Trinajstić information content (AvgIpc) is 2.97. The summed E-state index contributed by atoms with van der Waals surface area (Å²) in [5.41, 5.74) is -0.785. The molecule has 1 saturated heterocycles. The SMILES string of the molecule is Cn1c(CNC(=O)C2CCCN(c3ncccc3C(F)(F)F)C2)n[nH]c1=S. The highest BCUT2D eigenvalue weighted by Crippen LogP contribution is 2.36. The molecule has 146 valence electrons. The van der Waals surface area contributed by atoms with Gasteiger partial charge in [0, 0.05) is 26.3 Å². The zero-order chi connectivity index (χ0) is 19.6. The fourth-order valence-corrected chi connectivity index (χ4v) is 3.25.